The molecule has 1 rings (SSSR count). The Kier molecular flexibility index (Phi) is 6.57. The zero-order chi connectivity index (χ0) is 15.9. The lowest BCUT2D eigenvalue weighted by Crippen LogP contribution is -2.32. The lowest BCUT2D eigenvalue weighted by Gasteiger charge is -2.22. The van der Waals surface area contributed by atoms with E-state index in [2.05, 4.69) is 10.5 Å². The number of hydrogen-bond acceptors (Lipinski definition) is 6. The summed E-state index contributed by atoms with van der Waals surface area (Å²) in [7, 11) is 0. The fraction of sp³-hybridized carbons (Fsp3) is 0.769. The van der Waals surface area contributed by atoms with Crippen LogP contribution in [-0.4, -0.2) is 48.0 Å². The van der Waals surface area contributed by atoms with Crippen LogP contribution in [0.25, 0.3) is 0 Å². The number of carboxylic acid groups (broad SMARTS) is 1. The Balaban J connectivity index is 2.46. The highest BCUT2D eigenvalue weighted by atomic mass is 16.7. The molecule has 2 N–H and O–H groups in total. The fourth-order valence-electron chi connectivity index (χ4n) is 1.58. The summed E-state index contributed by atoms with van der Waals surface area (Å²) in [6, 6.07) is 0. The van der Waals surface area contributed by atoms with Gasteiger partial charge in [0, 0.05) is 12.8 Å². The molecule has 0 atom stereocenters. The molecule has 120 valence electrons. The van der Waals surface area contributed by atoms with Crippen LogP contribution in [0.5, 0.6) is 0 Å². The number of carboxylic acids is 1. The summed E-state index contributed by atoms with van der Waals surface area (Å²) < 4.78 is 15.6. The Labute approximate surface area is 123 Å². The minimum atomic E-state index is -1.21. The number of hydrogen-bond donors (Lipinski definition) is 2. The third kappa shape index (κ3) is 7.62. The standard InChI is InChI=1S/C13H22N2O6/c1-13(2,3)21-12(18)15-14-9(11(16)17)5-6-10-19-7-4-8-20-10/h10H,4-8H2,1-3H3,(H,15,18)(H,16,17)/b14-9+. The Morgan fingerprint density at radius 1 is 1.33 bits per heavy atom. The van der Waals surface area contributed by atoms with E-state index in [1.165, 1.54) is 0 Å². The summed E-state index contributed by atoms with van der Waals surface area (Å²) in [4.78, 5) is 22.5. The van der Waals surface area contributed by atoms with Gasteiger partial charge in [-0.25, -0.2) is 15.0 Å². The maximum Gasteiger partial charge on any atom is 0.428 e. The highest BCUT2D eigenvalue weighted by Gasteiger charge is 2.19. The van der Waals surface area contributed by atoms with Crippen LogP contribution in [0.15, 0.2) is 5.10 Å². The van der Waals surface area contributed by atoms with Gasteiger partial charge < -0.3 is 19.3 Å². The third-order valence-electron chi connectivity index (χ3n) is 2.44. The third-order valence-corrected chi connectivity index (χ3v) is 2.44. The van der Waals surface area contributed by atoms with Gasteiger partial charge in [0.2, 0.25) is 0 Å². The van der Waals surface area contributed by atoms with Gasteiger partial charge in [0.05, 0.1) is 13.2 Å². The molecule has 1 fully saturated rings. The van der Waals surface area contributed by atoms with Crippen LogP contribution < -0.4 is 5.43 Å². The predicted molar refractivity (Wildman–Crippen MR) is 74.0 cm³/mol. The number of carbonyl (C=O) groups is 2. The number of nitrogens with zero attached hydrogens (tertiary/aromatic N) is 1. The molecule has 8 heteroatoms. The lowest BCUT2D eigenvalue weighted by atomic mass is 10.2. The summed E-state index contributed by atoms with van der Waals surface area (Å²) in [6.45, 7) is 6.30. The quantitative estimate of drug-likeness (QED) is 0.588. The molecule has 0 saturated carbocycles. The van der Waals surface area contributed by atoms with Crippen LogP contribution in [0.3, 0.4) is 0 Å². The lowest BCUT2D eigenvalue weighted by molar-refractivity contribution is -0.180. The van der Waals surface area contributed by atoms with Gasteiger partial charge in [-0.1, -0.05) is 0 Å². The van der Waals surface area contributed by atoms with Crippen LogP contribution in [0, 0.1) is 0 Å². The van der Waals surface area contributed by atoms with Crippen molar-refractivity contribution in [1.29, 1.82) is 0 Å². The van der Waals surface area contributed by atoms with E-state index in [1.54, 1.807) is 20.8 Å². The topological polar surface area (TPSA) is 106 Å². The van der Waals surface area contributed by atoms with E-state index in [0.717, 1.165) is 6.42 Å². The van der Waals surface area contributed by atoms with Crippen LogP contribution in [0.2, 0.25) is 0 Å². The van der Waals surface area contributed by atoms with Gasteiger partial charge >= 0.3 is 12.1 Å². The molecule has 0 bridgehead atoms. The maximum atomic E-state index is 11.4. The molecule has 21 heavy (non-hydrogen) atoms. The zero-order valence-electron chi connectivity index (χ0n) is 12.5. The van der Waals surface area contributed by atoms with Crippen LogP contribution in [0.1, 0.15) is 40.0 Å². The summed E-state index contributed by atoms with van der Waals surface area (Å²) in [5, 5.41) is 12.6. The van der Waals surface area contributed by atoms with Gasteiger partial charge in [0.15, 0.2) is 6.29 Å². The van der Waals surface area contributed by atoms with E-state index in [0.29, 0.717) is 19.6 Å². The van der Waals surface area contributed by atoms with Crippen LogP contribution in [0.4, 0.5) is 4.79 Å². The average Bonchev–Trinajstić information content (AvgIpc) is 2.37. The molecule has 8 nitrogen and oxygen atoms in total. The Morgan fingerprint density at radius 2 is 1.95 bits per heavy atom. The van der Waals surface area contributed by atoms with Gasteiger partial charge in [0.1, 0.15) is 11.3 Å². The van der Waals surface area contributed by atoms with Crippen molar-refractivity contribution < 1.29 is 28.9 Å². The molecule has 1 saturated heterocycles. The molecule has 0 spiro atoms. The van der Waals surface area contributed by atoms with Crippen molar-refractivity contribution in [2.45, 2.75) is 51.9 Å². The summed E-state index contributed by atoms with van der Waals surface area (Å²) >= 11 is 0. The number of rotatable bonds is 5. The number of carbonyl (C=O) groups excluding carboxylic acids is 1. The number of hydrazone groups is 1. The zero-order valence-corrected chi connectivity index (χ0v) is 12.5. The van der Waals surface area contributed by atoms with Crippen molar-refractivity contribution in [1.82, 2.24) is 5.43 Å². The monoisotopic (exact) mass is 302 g/mol. The van der Waals surface area contributed by atoms with Crippen molar-refractivity contribution >= 4 is 17.8 Å². The van der Waals surface area contributed by atoms with Crippen LogP contribution in [-0.2, 0) is 19.0 Å². The first-order valence-electron chi connectivity index (χ1n) is 6.80. The summed E-state index contributed by atoms with van der Waals surface area (Å²) in [5.41, 5.74) is 1.22. The molecule has 0 aromatic heterocycles. The first-order chi connectivity index (χ1) is 9.78. The van der Waals surface area contributed by atoms with Crippen molar-refractivity contribution in [3.05, 3.63) is 0 Å². The minimum Gasteiger partial charge on any atom is -0.477 e. The molecular formula is C13H22N2O6. The molecule has 1 heterocycles. The number of ether oxygens (including phenoxy) is 3. The number of aliphatic carboxylic acids is 1. The van der Waals surface area contributed by atoms with Crippen molar-refractivity contribution in [3.8, 4) is 0 Å². The van der Waals surface area contributed by atoms with E-state index < -0.39 is 24.0 Å². The SMILES string of the molecule is CC(C)(C)OC(=O)N/N=C(\CCC1OCCCO1)C(=O)O. The fourth-order valence-corrected chi connectivity index (χ4v) is 1.58. The normalized spacial score (nSPS) is 17.4. The molecule has 1 aliphatic rings. The second kappa shape index (κ2) is 7.94. The molecule has 0 aliphatic carbocycles. The summed E-state index contributed by atoms with van der Waals surface area (Å²) in [5.74, 6) is -1.21. The second-order valence-electron chi connectivity index (χ2n) is 5.54. The molecule has 0 radical (unpaired) electrons. The molecule has 0 unspecified atom stereocenters. The van der Waals surface area contributed by atoms with E-state index in [4.69, 9.17) is 19.3 Å². The van der Waals surface area contributed by atoms with Crippen molar-refractivity contribution in [3.63, 3.8) is 0 Å². The Morgan fingerprint density at radius 3 is 2.48 bits per heavy atom. The Hall–Kier alpha value is -1.67. The maximum absolute atomic E-state index is 11.4. The van der Waals surface area contributed by atoms with E-state index in [9.17, 15) is 9.59 Å². The predicted octanol–water partition coefficient (Wildman–Crippen LogP) is 1.49. The number of amides is 1. The average molecular weight is 302 g/mol. The van der Waals surface area contributed by atoms with E-state index >= 15 is 0 Å². The first kappa shape index (κ1) is 17.4. The second-order valence-corrected chi connectivity index (χ2v) is 5.54. The molecule has 1 amide bonds. The minimum absolute atomic E-state index is 0.121. The van der Waals surface area contributed by atoms with Crippen molar-refractivity contribution in [2.24, 2.45) is 5.10 Å². The van der Waals surface area contributed by atoms with Gasteiger partial charge in [-0.3, -0.25) is 0 Å². The molecule has 0 aromatic carbocycles. The van der Waals surface area contributed by atoms with Gasteiger partial charge in [-0.2, -0.15) is 5.10 Å². The van der Waals surface area contributed by atoms with Crippen LogP contribution >= 0.6 is 0 Å². The Bertz CT molecular complexity index is 396. The smallest absolute Gasteiger partial charge is 0.428 e. The highest BCUT2D eigenvalue weighted by molar-refractivity contribution is 6.35. The van der Waals surface area contributed by atoms with Gasteiger partial charge in [-0.15, -0.1) is 0 Å². The number of nitrogens with one attached hydrogen (secondary N) is 1. The highest BCUT2D eigenvalue weighted by Crippen LogP contribution is 2.11. The largest absolute Gasteiger partial charge is 0.477 e. The summed E-state index contributed by atoms with van der Waals surface area (Å²) in [6.07, 6.45) is 0.0873. The first-order valence-corrected chi connectivity index (χ1v) is 6.80. The van der Waals surface area contributed by atoms with E-state index in [1.807, 2.05) is 0 Å². The van der Waals surface area contributed by atoms with Gasteiger partial charge in [0.25, 0.3) is 0 Å². The van der Waals surface area contributed by atoms with Crippen molar-refractivity contribution in [2.75, 3.05) is 13.2 Å². The molecular weight excluding hydrogens is 280 g/mol. The van der Waals surface area contributed by atoms with E-state index in [-0.39, 0.29) is 12.1 Å². The van der Waals surface area contributed by atoms with Gasteiger partial charge in [-0.05, 0) is 27.2 Å². The molecule has 0 aromatic rings. The molecule has 1 aliphatic heterocycles.